The number of aliphatic imine (C=N–C) groups is 1. The third-order valence-electron chi connectivity index (χ3n) is 4.17. The van der Waals surface area contributed by atoms with E-state index in [0.717, 1.165) is 0 Å². The van der Waals surface area contributed by atoms with Crippen LogP contribution in [0.4, 0.5) is 11.4 Å². The Labute approximate surface area is 177 Å². The molecule has 0 aromatic heterocycles. The van der Waals surface area contributed by atoms with Gasteiger partial charge in [-0.1, -0.05) is 35.5 Å². The molecule has 3 rings (SSSR count). The third-order valence-corrected chi connectivity index (χ3v) is 5.73. The molecular formula is C20H18ClN3O4S. The molecule has 0 radical (unpaired) electrons. The Morgan fingerprint density at radius 3 is 2.55 bits per heavy atom. The van der Waals surface area contributed by atoms with Crippen molar-refractivity contribution in [3.8, 4) is 0 Å². The summed E-state index contributed by atoms with van der Waals surface area (Å²) in [6, 6.07) is 13.4. The van der Waals surface area contributed by atoms with E-state index in [9.17, 15) is 14.4 Å². The zero-order valence-electron chi connectivity index (χ0n) is 15.7. The Morgan fingerprint density at radius 2 is 1.90 bits per heavy atom. The first kappa shape index (κ1) is 20.9. The van der Waals surface area contributed by atoms with Crippen molar-refractivity contribution in [1.29, 1.82) is 0 Å². The third kappa shape index (κ3) is 4.96. The van der Waals surface area contributed by atoms with Gasteiger partial charge in [0, 0.05) is 13.5 Å². The van der Waals surface area contributed by atoms with E-state index in [0.29, 0.717) is 27.1 Å². The molecule has 1 atom stereocenters. The van der Waals surface area contributed by atoms with Gasteiger partial charge in [0.25, 0.3) is 0 Å². The second kappa shape index (κ2) is 9.11. The van der Waals surface area contributed by atoms with Crippen LogP contribution < -0.4 is 5.32 Å². The van der Waals surface area contributed by atoms with Gasteiger partial charge in [-0.25, -0.2) is 9.79 Å². The quantitative estimate of drug-likeness (QED) is 0.729. The van der Waals surface area contributed by atoms with Crippen molar-refractivity contribution in [2.45, 2.75) is 11.7 Å². The molecule has 0 bridgehead atoms. The fourth-order valence-corrected chi connectivity index (χ4v) is 3.97. The van der Waals surface area contributed by atoms with Crippen molar-refractivity contribution in [1.82, 2.24) is 4.90 Å². The number of nitrogens with zero attached hydrogens (tertiary/aromatic N) is 2. The molecule has 2 aromatic carbocycles. The number of hydrogen-bond acceptors (Lipinski definition) is 6. The van der Waals surface area contributed by atoms with Gasteiger partial charge in [0.2, 0.25) is 11.8 Å². The van der Waals surface area contributed by atoms with E-state index in [4.69, 9.17) is 11.6 Å². The lowest BCUT2D eigenvalue weighted by Crippen LogP contribution is -2.30. The predicted octanol–water partition coefficient (Wildman–Crippen LogP) is 3.72. The number of amidine groups is 1. The summed E-state index contributed by atoms with van der Waals surface area (Å²) in [4.78, 5) is 42.2. The Morgan fingerprint density at radius 1 is 1.21 bits per heavy atom. The van der Waals surface area contributed by atoms with Crippen LogP contribution in [-0.4, -0.2) is 47.3 Å². The number of para-hydroxylation sites is 1. The second-order valence-electron chi connectivity index (χ2n) is 6.17. The molecule has 9 heteroatoms. The number of amides is 2. The van der Waals surface area contributed by atoms with Crippen LogP contribution in [0.1, 0.15) is 16.8 Å². The topological polar surface area (TPSA) is 88.1 Å². The molecule has 1 aliphatic rings. The minimum absolute atomic E-state index is 0.000633. The van der Waals surface area contributed by atoms with Crippen LogP contribution in [0.25, 0.3) is 0 Å². The number of rotatable bonds is 5. The number of esters is 1. The van der Waals surface area contributed by atoms with E-state index in [2.05, 4.69) is 15.0 Å². The molecule has 29 heavy (non-hydrogen) atoms. The van der Waals surface area contributed by atoms with E-state index in [1.54, 1.807) is 55.6 Å². The summed E-state index contributed by atoms with van der Waals surface area (Å²) in [6.45, 7) is 0. The molecule has 1 N–H and O–H groups in total. The minimum Gasteiger partial charge on any atom is -0.465 e. The Hall–Kier alpha value is -2.84. The first-order chi connectivity index (χ1) is 13.9. The van der Waals surface area contributed by atoms with E-state index in [1.165, 1.54) is 23.8 Å². The van der Waals surface area contributed by atoms with E-state index >= 15 is 0 Å². The van der Waals surface area contributed by atoms with Gasteiger partial charge >= 0.3 is 5.97 Å². The molecule has 0 aliphatic carbocycles. The van der Waals surface area contributed by atoms with Gasteiger partial charge in [-0.3, -0.25) is 14.5 Å². The highest BCUT2D eigenvalue weighted by Crippen LogP contribution is 2.31. The lowest BCUT2D eigenvalue weighted by atomic mass is 10.2. The average Bonchev–Trinajstić information content (AvgIpc) is 2.97. The lowest BCUT2D eigenvalue weighted by Gasteiger charge is -2.10. The van der Waals surface area contributed by atoms with Gasteiger partial charge in [-0.2, -0.15) is 0 Å². The van der Waals surface area contributed by atoms with Crippen molar-refractivity contribution in [3.05, 3.63) is 59.1 Å². The molecule has 1 heterocycles. The van der Waals surface area contributed by atoms with Crippen LogP contribution in [0.15, 0.2) is 53.5 Å². The van der Waals surface area contributed by atoms with Gasteiger partial charge in [0.1, 0.15) is 5.25 Å². The first-order valence-corrected chi connectivity index (χ1v) is 9.90. The highest BCUT2D eigenvalue weighted by atomic mass is 35.5. The highest BCUT2D eigenvalue weighted by molar-refractivity contribution is 8.15. The van der Waals surface area contributed by atoms with Crippen molar-refractivity contribution >= 4 is 57.7 Å². The number of methoxy groups -OCH3 is 1. The molecule has 1 saturated heterocycles. The van der Waals surface area contributed by atoms with Crippen LogP contribution >= 0.6 is 23.4 Å². The fraction of sp³-hybridized carbons (Fsp3) is 0.200. The van der Waals surface area contributed by atoms with Crippen molar-refractivity contribution < 1.29 is 19.1 Å². The largest absolute Gasteiger partial charge is 0.465 e. The standard InChI is InChI=1S/C20H18ClN3O4S/c1-24-18(26)16(11-17(25)23-15-6-4-3-5-14(15)21)29-20(24)22-13-9-7-12(8-10-13)19(27)28-2/h3-10,16H,11H2,1-2H3,(H,23,25)/t16-/m1/s1. The number of thioether (sulfide) groups is 1. The number of halogens is 1. The Balaban J connectivity index is 1.67. The van der Waals surface area contributed by atoms with Gasteiger partial charge < -0.3 is 10.1 Å². The van der Waals surface area contributed by atoms with Crippen LogP contribution in [0.2, 0.25) is 5.02 Å². The van der Waals surface area contributed by atoms with Gasteiger partial charge in [-0.15, -0.1) is 0 Å². The minimum atomic E-state index is -0.574. The predicted molar refractivity (Wildman–Crippen MR) is 114 cm³/mol. The molecule has 0 saturated carbocycles. The van der Waals surface area contributed by atoms with Crippen LogP contribution in [0, 0.1) is 0 Å². The summed E-state index contributed by atoms with van der Waals surface area (Å²) >= 11 is 7.27. The molecule has 150 valence electrons. The van der Waals surface area contributed by atoms with Gasteiger partial charge in [0.05, 0.1) is 29.1 Å². The molecular weight excluding hydrogens is 414 g/mol. The summed E-state index contributed by atoms with van der Waals surface area (Å²) in [5.41, 5.74) is 1.50. The number of nitrogens with one attached hydrogen (secondary N) is 1. The summed E-state index contributed by atoms with van der Waals surface area (Å²) in [7, 11) is 2.93. The Kier molecular flexibility index (Phi) is 6.56. The summed E-state index contributed by atoms with van der Waals surface area (Å²) < 4.78 is 4.66. The molecule has 1 aliphatic heterocycles. The smallest absolute Gasteiger partial charge is 0.337 e. The van der Waals surface area contributed by atoms with Gasteiger partial charge in [0.15, 0.2) is 5.17 Å². The first-order valence-electron chi connectivity index (χ1n) is 8.64. The summed E-state index contributed by atoms with van der Waals surface area (Å²) in [6.07, 6.45) is -0.000633. The molecule has 0 spiro atoms. The van der Waals surface area contributed by atoms with E-state index in [-0.39, 0.29) is 18.2 Å². The maximum absolute atomic E-state index is 12.5. The zero-order valence-corrected chi connectivity index (χ0v) is 17.3. The van der Waals surface area contributed by atoms with Crippen LogP contribution in [0.3, 0.4) is 0 Å². The number of benzene rings is 2. The molecule has 2 aromatic rings. The maximum Gasteiger partial charge on any atom is 0.337 e. The van der Waals surface area contributed by atoms with Crippen LogP contribution in [-0.2, 0) is 14.3 Å². The van der Waals surface area contributed by atoms with Crippen LogP contribution in [0.5, 0.6) is 0 Å². The number of ether oxygens (including phenoxy) is 1. The lowest BCUT2D eigenvalue weighted by molar-refractivity contribution is -0.127. The molecule has 7 nitrogen and oxygen atoms in total. The monoisotopic (exact) mass is 431 g/mol. The van der Waals surface area contributed by atoms with Crippen molar-refractivity contribution in [2.24, 2.45) is 4.99 Å². The molecule has 2 amide bonds. The second-order valence-corrected chi connectivity index (χ2v) is 7.75. The Bertz CT molecular complexity index is 978. The van der Waals surface area contributed by atoms with E-state index < -0.39 is 11.2 Å². The normalized spacial score (nSPS) is 17.5. The van der Waals surface area contributed by atoms with E-state index in [1.807, 2.05) is 0 Å². The summed E-state index contributed by atoms with van der Waals surface area (Å²) in [5.74, 6) is -0.938. The van der Waals surface area contributed by atoms with Crippen molar-refractivity contribution in [3.63, 3.8) is 0 Å². The average molecular weight is 432 g/mol. The summed E-state index contributed by atoms with van der Waals surface area (Å²) in [5, 5.41) is 3.06. The van der Waals surface area contributed by atoms with Crippen molar-refractivity contribution in [2.75, 3.05) is 19.5 Å². The molecule has 1 fully saturated rings. The SMILES string of the molecule is COC(=O)c1ccc(N=C2S[C@H](CC(=O)Nc3ccccc3Cl)C(=O)N2C)cc1. The number of carbonyl (C=O) groups excluding carboxylic acids is 3. The maximum atomic E-state index is 12.5. The highest BCUT2D eigenvalue weighted by Gasteiger charge is 2.37. The molecule has 0 unspecified atom stereocenters. The number of carbonyl (C=O) groups is 3. The fourth-order valence-electron chi connectivity index (χ4n) is 2.63. The van der Waals surface area contributed by atoms with Gasteiger partial charge in [-0.05, 0) is 36.4 Å². The number of hydrogen-bond donors (Lipinski definition) is 1. The zero-order chi connectivity index (χ0) is 21.0. The number of anilines is 1.